The molecule has 0 aromatic heterocycles. The molecule has 1 aliphatic rings. The maximum Gasteiger partial charge on any atom is 0.212 e. The summed E-state index contributed by atoms with van der Waals surface area (Å²) in [6.45, 7) is 0.392. The molecule has 2 rings (SSSR count). The monoisotopic (exact) mass is 227 g/mol. The summed E-state index contributed by atoms with van der Waals surface area (Å²) in [7, 11) is -3.03. The number of hydrogen-bond acceptors (Lipinski definition) is 3. The summed E-state index contributed by atoms with van der Waals surface area (Å²) in [5.74, 6) is 0.971. The zero-order valence-electron chi connectivity index (χ0n) is 8.22. The lowest BCUT2D eigenvalue weighted by Crippen LogP contribution is -2.30. The molecule has 1 atom stereocenters. The average Bonchev–Trinajstić information content (AvgIpc) is 2.57. The van der Waals surface area contributed by atoms with Crippen molar-refractivity contribution in [2.24, 2.45) is 0 Å². The van der Waals surface area contributed by atoms with E-state index >= 15 is 0 Å². The predicted molar refractivity (Wildman–Crippen MR) is 57.3 cm³/mol. The number of benzene rings is 1. The Morgan fingerprint density at radius 1 is 1.33 bits per heavy atom. The maximum absolute atomic E-state index is 11.1. The van der Waals surface area contributed by atoms with Gasteiger partial charge in [0, 0.05) is 0 Å². The molecule has 1 aliphatic heterocycles. The molecule has 0 radical (unpaired) electrons. The first-order chi connectivity index (χ1) is 7.16. The SMILES string of the molecule is O=S1(=O)CC[C@@H](COc2ccccc2)N1. The maximum atomic E-state index is 11.1. The van der Waals surface area contributed by atoms with Crippen LogP contribution in [0.15, 0.2) is 30.3 Å². The molecule has 15 heavy (non-hydrogen) atoms. The Hall–Kier alpha value is -1.07. The molecule has 0 aliphatic carbocycles. The van der Waals surface area contributed by atoms with Gasteiger partial charge < -0.3 is 4.74 Å². The molecule has 0 unspecified atom stereocenters. The summed E-state index contributed by atoms with van der Waals surface area (Å²) in [5.41, 5.74) is 0. The summed E-state index contributed by atoms with van der Waals surface area (Å²) in [5, 5.41) is 0. The van der Waals surface area contributed by atoms with Crippen LogP contribution in [-0.4, -0.2) is 26.8 Å². The smallest absolute Gasteiger partial charge is 0.212 e. The lowest BCUT2D eigenvalue weighted by Gasteiger charge is -2.10. The Bertz CT molecular complexity index is 416. The van der Waals surface area contributed by atoms with Crippen molar-refractivity contribution in [2.75, 3.05) is 12.4 Å². The van der Waals surface area contributed by atoms with Crippen molar-refractivity contribution in [1.82, 2.24) is 4.72 Å². The number of ether oxygens (including phenoxy) is 1. The average molecular weight is 227 g/mol. The van der Waals surface area contributed by atoms with Gasteiger partial charge in [-0.15, -0.1) is 0 Å². The molecule has 0 saturated carbocycles. The second-order valence-electron chi connectivity index (χ2n) is 3.55. The summed E-state index contributed by atoms with van der Waals surface area (Å²) in [6, 6.07) is 9.29. The Balaban J connectivity index is 1.85. The fourth-order valence-electron chi connectivity index (χ4n) is 1.50. The Morgan fingerprint density at radius 2 is 2.07 bits per heavy atom. The number of hydrogen-bond donors (Lipinski definition) is 1. The fourth-order valence-corrected chi connectivity index (χ4v) is 2.91. The van der Waals surface area contributed by atoms with E-state index in [-0.39, 0.29) is 11.8 Å². The predicted octanol–water partition coefficient (Wildman–Crippen LogP) is 0.757. The second-order valence-corrected chi connectivity index (χ2v) is 5.42. The summed E-state index contributed by atoms with van der Waals surface area (Å²) >= 11 is 0. The zero-order chi connectivity index (χ0) is 10.7. The van der Waals surface area contributed by atoms with Crippen LogP contribution in [0.3, 0.4) is 0 Å². The Kier molecular flexibility index (Phi) is 2.93. The molecule has 1 fully saturated rings. The van der Waals surface area contributed by atoms with Crippen LogP contribution in [0.1, 0.15) is 6.42 Å². The van der Waals surface area contributed by atoms with Crippen LogP contribution in [-0.2, 0) is 10.0 Å². The van der Waals surface area contributed by atoms with Crippen molar-refractivity contribution in [3.05, 3.63) is 30.3 Å². The van der Waals surface area contributed by atoms with Gasteiger partial charge in [0.2, 0.25) is 10.0 Å². The molecule has 0 amide bonds. The van der Waals surface area contributed by atoms with Crippen molar-refractivity contribution in [1.29, 1.82) is 0 Å². The third kappa shape index (κ3) is 2.94. The molecular formula is C10H13NO3S. The quantitative estimate of drug-likeness (QED) is 0.829. The van der Waals surface area contributed by atoms with Crippen LogP contribution in [0.5, 0.6) is 5.75 Å². The highest BCUT2D eigenvalue weighted by Gasteiger charge is 2.26. The topological polar surface area (TPSA) is 55.4 Å². The van der Waals surface area contributed by atoms with E-state index in [0.29, 0.717) is 13.0 Å². The third-order valence-electron chi connectivity index (χ3n) is 2.28. The minimum atomic E-state index is -3.03. The third-order valence-corrected chi connectivity index (χ3v) is 3.74. The first-order valence-corrected chi connectivity index (χ1v) is 6.49. The van der Waals surface area contributed by atoms with E-state index < -0.39 is 10.0 Å². The van der Waals surface area contributed by atoms with Gasteiger partial charge in [-0.1, -0.05) is 18.2 Å². The molecule has 0 bridgehead atoms. The summed E-state index contributed by atoms with van der Waals surface area (Å²) in [4.78, 5) is 0. The van der Waals surface area contributed by atoms with E-state index in [9.17, 15) is 8.42 Å². The zero-order valence-corrected chi connectivity index (χ0v) is 9.03. The lowest BCUT2D eigenvalue weighted by atomic mass is 10.2. The minimum Gasteiger partial charge on any atom is -0.492 e. The van der Waals surface area contributed by atoms with Gasteiger partial charge in [-0.05, 0) is 18.6 Å². The van der Waals surface area contributed by atoms with Crippen molar-refractivity contribution < 1.29 is 13.2 Å². The molecule has 4 nitrogen and oxygen atoms in total. The van der Waals surface area contributed by atoms with Gasteiger partial charge in [0.1, 0.15) is 12.4 Å². The first-order valence-electron chi connectivity index (χ1n) is 4.83. The van der Waals surface area contributed by atoms with Gasteiger partial charge in [0.15, 0.2) is 0 Å². The molecule has 1 N–H and O–H groups in total. The van der Waals surface area contributed by atoms with E-state index in [0.717, 1.165) is 5.75 Å². The van der Waals surface area contributed by atoms with Crippen molar-refractivity contribution in [2.45, 2.75) is 12.5 Å². The summed E-state index contributed by atoms with van der Waals surface area (Å²) in [6.07, 6.45) is 0.620. The number of sulfonamides is 1. The summed E-state index contributed by atoms with van der Waals surface area (Å²) < 4.78 is 30.2. The van der Waals surface area contributed by atoms with E-state index in [1.165, 1.54) is 0 Å². The van der Waals surface area contributed by atoms with E-state index in [2.05, 4.69) is 4.72 Å². The highest BCUT2D eigenvalue weighted by atomic mass is 32.2. The van der Waals surface area contributed by atoms with Crippen LogP contribution in [0.4, 0.5) is 0 Å². The number of para-hydroxylation sites is 1. The second kappa shape index (κ2) is 4.20. The largest absolute Gasteiger partial charge is 0.492 e. The molecular weight excluding hydrogens is 214 g/mol. The molecule has 1 aromatic carbocycles. The van der Waals surface area contributed by atoms with Crippen LogP contribution >= 0.6 is 0 Å². The normalized spacial score (nSPS) is 23.9. The van der Waals surface area contributed by atoms with Gasteiger partial charge in [-0.2, -0.15) is 0 Å². The highest BCUT2D eigenvalue weighted by molar-refractivity contribution is 7.89. The Labute approximate surface area is 89.3 Å². The molecule has 1 heterocycles. The van der Waals surface area contributed by atoms with Gasteiger partial charge in [-0.3, -0.25) is 0 Å². The number of nitrogens with one attached hydrogen (secondary N) is 1. The van der Waals surface area contributed by atoms with Crippen molar-refractivity contribution >= 4 is 10.0 Å². The van der Waals surface area contributed by atoms with Gasteiger partial charge in [0.05, 0.1) is 11.8 Å². The van der Waals surface area contributed by atoms with Crippen molar-refractivity contribution in [3.8, 4) is 5.75 Å². The molecule has 0 spiro atoms. The van der Waals surface area contributed by atoms with Crippen LogP contribution in [0.25, 0.3) is 0 Å². The molecule has 1 saturated heterocycles. The lowest BCUT2D eigenvalue weighted by molar-refractivity contribution is 0.282. The van der Waals surface area contributed by atoms with E-state index in [1.54, 1.807) is 0 Å². The first kappa shape index (κ1) is 10.4. The minimum absolute atomic E-state index is 0.0878. The van der Waals surface area contributed by atoms with Gasteiger partial charge in [-0.25, -0.2) is 13.1 Å². The van der Waals surface area contributed by atoms with Crippen molar-refractivity contribution in [3.63, 3.8) is 0 Å². The molecule has 1 aromatic rings. The van der Waals surface area contributed by atoms with Gasteiger partial charge >= 0.3 is 0 Å². The standard InChI is InChI=1S/C10H13NO3S/c12-15(13)7-6-9(11-15)8-14-10-4-2-1-3-5-10/h1-5,9,11H,6-8H2/t9-/m0/s1. The fraction of sp³-hybridized carbons (Fsp3) is 0.400. The Morgan fingerprint density at radius 3 is 2.67 bits per heavy atom. The number of rotatable bonds is 3. The van der Waals surface area contributed by atoms with E-state index in [1.807, 2.05) is 30.3 Å². The van der Waals surface area contributed by atoms with Crippen LogP contribution < -0.4 is 9.46 Å². The van der Waals surface area contributed by atoms with Gasteiger partial charge in [0.25, 0.3) is 0 Å². The molecule has 5 heteroatoms. The van der Waals surface area contributed by atoms with Crippen LogP contribution in [0.2, 0.25) is 0 Å². The highest BCUT2D eigenvalue weighted by Crippen LogP contribution is 2.12. The van der Waals surface area contributed by atoms with E-state index in [4.69, 9.17) is 4.74 Å². The van der Waals surface area contributed by atoms with Crippen LogP contribution in [0, 0.1) is 0 Å². The molecule has 82 valence electrons.